The number of hydrogen-bond acceptors (Lipinski definition) is 5. The van der Waals surface area contributed by atoms with Crippen molar-refractivity contribution in [2.75, 3.05) is 12.3 Å². The third-order valence-electron chi connectivity index (χ3n) is 3.46. The molecule has 0 saturated carbocycles. The first-order valence-electron chi connectivity index (χ1n) is 7.13. The van der Waals surface area contributed by atoms with Gasteiger partial charge < -0.3 is 10.0 Å². The molecule has 1 aromatic carbocycles. The van der Waals surface area contributed by atoms with Crippen LogP contribution in [0.15, 0.2) is 28.1 Å². The molecule has 1 aromatic rings. The van der Waals surface area contributed by atoms with Crippen LogP contribution in [0.5, 0.6) is 0 Å². The van der Waals surface area contributed by atoms with E-state index in [0.29, 0.717) is 17.9 Å². The van der Waals surface area contributed by atoms with Gasteiger partial charge in [-0.05, 0) is 32.9 Å². The third-order valence-corrected chi connectivity index (χ3v) is 5.99. The molecule has 136 valence electrons. The smallest absolute Gasteiger partial charge is 0.239 e. The molecule has 0 spiro atoms. The van der Waals surface area contributed by atoms with E-state index >= 15 is 0 Å². The van der Waals surface area contributed by atoms with Crippen molar-refractivity contribution in [3.63, 3.8) is 0 Å². The van der Waals surface area contributed by atoms with Crippen molar-refractivity contribution in [3.8, 4) is 0 Å². The van der Waals surface area contributed by atoms with Crippen LogP contribution in [0.2, 0.25) is 5.02 Å². The fourth-order valence-electron chi connectivity index (χ4n) is 2.41. The summed E-state index contributed by atoms with van der Waals surface area (Å²) in [5, 5.41) is 17.1. The highest BCUT2D eigenvalue weighted by Crippen LogP contribution is 2.40. The molecule has 1 fully saturated rings. The number of hydrogen-bond donors (Lipinski definition) is 2. The van der Waals surface area contributed by atoms with Crippen molar-refractivity contribution in [2.45, 2.75) is 37.4 Å². The van der Waals surface area contributed by atoms with Crippen molar-refractivity contribution >= 4 is 51.0 Å². The van der Waals surface area contributed by atoms with Crippen molar-refractivity contribution in [1.29, 1.82) is 0 Å². The van der Waals surface area contributed by atoms with Crippen molar-refractivity contribution in [1.82, 2.24) is 4.90 Å². The zero-order valence-corrected chi connectivity index (χ0v) is 16.8. The summed E-state index contributed by atoms with van der Waals surface area (Å²) in [6, 6.07) is 4.47. The largest absolute Gasteiger partial charge is 0.366 e. The molecule has 6 nitrogen and oxygen atoms in total. The number of nitrogens with zero attached hydrogens (tertiary/aromatic N) is 2. The number of sulfonamides is 1. The first kappa shape index (κ1) is 21.5. The molecule has 2 rings (SSSR count). The van der Waals surface area contributed by atoms with Gasteiger partial charge in [-0.25, -0.2) is 13.6 Å². The fraction of sp³-hybridized carbons (Fsp3) is 0.500. The lowest BCUT2D eigenvalue weighted by Crippen LogP contribution is -2.45. The minimum Gasteiger partial charge on any atom is -0.366 e. The lowest BCUT2D eigenvalue weighted by Gasteiger charge is -2.34. The normalized spacial score (nSPS) is 23.0. The van der Waals surface area contributed by atoms with Crippen LogP contribution in [0.25, 0.3) is 0 Å². The highest BCUT2D eigenvalue weighted by molar-refractivity contribution is 8.14. The van der Waals surface area contributed by atoms with E-state index in [0.717, 1.165) is 5.17 Å². The number of primary sulfonamides is 1. The van der Waals surface area contributed by atoms with Gasteiger partial charge in [-0.15, -0.1) is 12.4 Å². The van der Waals surface area contributed by atoms with Gasteiger partial charge in [-0.1, -0.05) is 29.4 Å². The molecule has 10 heteroatoms. The molecule has 1 aliphatic rings. The molecule has 0 amide bonds. The molecule has 1 atom stereocenters. The first-order valence-corrected chi connectivity index (χ1v) is 10.0. The van der Waals surface area contributed by atoms with Crippen LogP contribution in [0.4, 0.5) is 0 Å². The molecule has 1 saturated heterocycles. The van der Waals surface area contributed by atoms with E-state index in [-0.39, 0.29) is 28.4 Å². The molecule has 0 radical (unpaired) electrons. The Bertz CT molecular complexity index is 741. The van der Waals surface area contributed by atoms with Gasteiger partial charge in [-0.2, -0.15) is 0 Å². The van der Waals surface area contributed by atoms with Gasteiger partial charge in [0.25, 0.3) is 0 Å². The van der Waals surface area contributed by atoms with E-state index in [4.69, 9.17) is 16.7 Å². The highest BCUT2D eigenvalue weighted by atomic mass is 35.5. The minimum atomic E-state index is -3.97. The number of aliphatic hydroxyl groups is 1. The van der Waals surface area contributed by atoms with Crippen LogP contribution >= 0.6 is 35.8 Å². The number of benzene rings is 1. The maximum atomic E-state index is 11.7. The van der Waals surface area contributed by atoms with Crippen molar-refractivity contribution < 1.29 is 13.5 Å². The molecule has 0 aliphatic carbocycles. The molecule has 0 bridgehead atoms. The van der Waals surface area contributed by atoms with Gasteiger partial charge in [0.1, 0.15) is 4.90 Å². The van der Waals surface area contributed by atoms with Crippen molar-refractivity contribution in [3.05, 3.63) is 28.8 Å². The Kier molecular flexibility index (Phi) is 7.00. The van der Waals surface area contributed by atoms with E-state index in [1.54, 1.807) is 11.0 Å². The molecule has 1 heterocycles. The summed E-state index contributed by atoms with van der Waals surface area (Å²) >= 11 is 7.35. The number of nitrogens with two attached hydrogens (primary N) is 1. The standard InChI is InChI=1S/C14H20ClN3O3S2.ClH/c1-4-18-13(17-9(2)3)22-8-14(18,19)10-5-6-11(15)12(7-10)23(16,20)21;/h5-7,9,19H,4,8H2,1-3H3,(H2,16,20,21);1H. The van der Waals surface area contributed by atoms with Gasteiger partial charge in [-0.3, -0.25) is 4.99 Å². The second-order valence-corrected chi connectivity index (χ2v) is 8.42. The van der Waals surface area contributed by atoms with Crippen LogP contribution in [0.1, 0.15) is 26.3 Å². The lowest BCUT2D eigenvalue weighted by atomic mass is 10.0. The Morgan fingerprint density at radius 1 is 1.50 bits per heavy atom. The third kappa shape index (κ3) is 4.17. The fourth-order valence-corrected chi connectivity index (χ4v) is 4.86. The van der Waals surface area contributed by atoms with Crippen molar-refractivity contribution in [2.24, 2.45) is 10.1 Å². The summed E-state index contributed by atoms with van der Waals surface area (Å²) in [5.74, 6) is 0.345. The van der Waals surface area contributed by atoms with Crippen LogP contribution in [-0.4, -0.2) is 41.9 Å². The van der Waals surface area contributed by atoms with Crippen LogP contribution in [-0.2, 0) is 15.7 Å². The summed E-state index contributed by atoms with van der Waals surface area (Å²) in [4.78, 5) is 6.08. The predicted molar refractivity (Wildman–Crippen MR) is 101 cm³/mol. The van der Waals surface area contributed by atoms with E-state index in [2.05, 4.69) is 4.99 Å². The van der Waals surface area contributed by atoms with Crippen LogP contribution in [0, 0.1) is 0 Å². The Hall–Kier alpha value is -0.510. The van der Waals surface area contributed by atoms with Gasteiger partial charge >= 0.3 is 0 Å². The zero-order chi connectivity index (χ0) is 17.4. The lowest BCUT2D eigenvalue weighted by molar-refractivity contribution is -0.0455. The Balaban J connectivity index is 0.00000288. The van der Waals surface area contributed by atoms with Gasteiger partial charge in [0.05, 0.1) is 10.8 Å². The molecular weight excluding hydrogens is 393 g/mol. The summed E-state index contributed by atoms with van der Waals surface area (Å²) in [6.45, 7) is 6.35. The summed E-state index contributed by atoms with van der Waals surface area (Å²) in [7, 11) is -3.97. The number of rotatable bonds is 4. The van der Waals surface area contributed by atoms with E-state index in [1.165, 1.54) is 23.9 Å². The van der Waals surface area contributed by atoms with Crippen LogP contribution < -0.4 is 5.14 Å². The Morgan fingerprint density at radius 2 is 2.12 bits per heavy atom. The first-order chi connectivity index (χ1) is 10.6. The SMILES string of the molecule is CCN1C(=NC(C)C)SCC1(O)c1ccc(Cl)c(S(N)(=O)=O)c1.Cl. The summed E-state index contributed by atoms with van der Waals surface area (Å²) < 4.78 is 23.3. The molecular formula is C14H21Cl2N3O3S2. The molecule has 0 aromatic heterocycles. The number of amidine groups is 1. The van der Waals surface area contributed by atoms with E-state index in [1.807, 2.05) is 20.8 Å². The average Bonchev–Trinajstić information content (AvgIpc) is 2.74. The summed E-state index contributed by atoms with van der Waals surface area (Å²) in [6.07, 6.45) is 0. The van der Waals surface area contributed by atoms with E-state index in [9.17, 15) is 13.5 Å². The molecule has 24 heavy (non-hydrogen) atoms. The quantitative estimate of drug-likeness (QED) is 0.789. The Labute approximate surface area is 157 Å². The van der Waals surface area contributed by atoms with Gasteiger partial charge in [0, 0.05) is 18.2 Å². The second kappa shape index (κ2) is 7.80. The topological polar surface area (TPSA) is 96.0 Å². The van der Waals surface area contributed by atoms with Crippen LogP contribution in [0.3, 0.4) is 0 Å². The van der Waals surface area contributed by atoms with E-state index < -0.39 is 15.7 Å². The maximum Gasteiger partial charge on any atom is 0.239 e. The van der Waals surface area contributed by atoms with Gasteiger partial charge in [0.2, 0.25) is 10.0 Å². The predicted octanol–water partition coefficient (Wildman–Crippen LogP) is 2.39. The second-order valence-electron chi connectivity index (χ2n) is 5.55. The number of halogens is 2. The number of aliphatic imine (C=N–C) groups is 1. The number of thioether (sulfide) groups is 1. The molecule has 1 unspecified atom stereocenters. The summed E-state index contributed by atoms with van der Waals surface area (Å²) in [5.41, 5.74) is -0.925. The minimum absolute atomic E-state index is 0. The monoisotopic (exact) mass is 413 g/mol. The highest BCUT2D eigenvalue weighted by Gasteiger charge is 2.44. The van der Waals surface area contributed by atoms with Gasteiger partial charge in [0.15, 0.2) is 10.9 Å². The molecule has 1 aliphatic heterocycles. The Morgan fingerprint density at radius 3 is 2.62 bits per heavy atom. The average molecular weight is 414 g/mol. The molecule has 3 N–H and O–H groups in total. The maximum absolute atomic E-state index is 11.7. The zero-order valence-electron chi connectivity index (χ0n) is 13.6.